The Balaban J connectivity index is 1.83. The summed E-state index contributed by atoms with van der Waals surface area (Å²) in [5, 5.41) is 3.45. The lowest BCUT2D eigenvalue weighted by Gasteiger charge is -2.31. The molecule has 1 aliphatic rings. The largest absolute Gasteiger partial charge is 0.312 e. The zero-order chi connectivity index (χ0) is 13.4. The Morgan fingerprint density at radius 3 is 3.11 bits per heavy atom. The van der Waals surface area contributed by atoms with Crippen LogP contribution >= 0.6 is 11.3 Å². The summed E-state index contributed by atoms with van der Waals surface area (Å²) in [6.45, 7) is 6.43. The normalized spacial score (nSPS) is 21.1. The van der Waals surface area contributed by atoms with Crippen LogP contribution in [-0.2, 0) is 13.6 Å². The summed E-state index contributed by atoms with van der Waals surface area (Å²) in [4.78, 5) is 14.2. The van der Waals surface area contributed by atoms with Gasteiger partial charge in [0.15, 0.2) is 0 Å². The quantitative estimate of drug-likeness (QED) is 0.901. The maximum absolute atomic E-state index is 11.6. The van der Waals surface area contributed by atoms with E-state index in [0.717, 1.165) is 36.4 Å². The van der Waals surface area contributed by atoms with Gasteiger partial charge < -0.3 is 9.88 Å². The first kappa shape index (κ1) is 12.8. The van der Waals surface area contributed by atoms with Gasteiger partial charge in [-0.25, -0.2) is 0 Å². The Kier molecular flexibility index (Phi) is 3.43. The van der Waals surface area contributed by atoms with E-state index >= 15 is 0 Å². The van der Waals surface area contributed by atoms with Crippen molar-refractivity contribution in [3.63, 3.8) is 0 Å². The lowest BCUT2D eigenvalue weighted by Crippen LogP contribution is -2.48. The van der Waals surface area contributed by atoms with E-state index in [1.807, 2.05) is 7.05 Å². The van der Waals surface area contributed by atoms with E-state index in [1.165, 1.54) is 16.9 Å². The summed E-state index contributed by atoms with van der Waals surface area (Å²) in [5.41, 5.74) is 2.33. The highest BCUT2D eigenvalue weighted by molar-refractivity contribution is 7.16. The van der Waals surface area contributed by atoms with E-state index in [9.17, 15) is 4.79 Å². The molecule has 102 valence electrons. The van der Waals surface area contributed by atoms with Gasteiger partial charge in [-0.05, 0) is 24.6 Å². The minimum absolute atomic E-state index is 0.114. The molecule has 1 aliphatic heterocycles. The van der Waals surface area contributed by atoms with E-state index in [4.69, 9.17) is 0 Å². The highest BCUT2D eigenvalue weighted by Gasteiger charge is 2.15. The third-order valence-electron chi connectivity index (χ3n) is 3.72. The third-order valence-corrected chi connectivity index (χ3v) is 4.71. The molecule has 0 aliphatic carbocycles. The molecule has 19 heavy (non-hydrogen) atoms. The average Bonchev–Trinajstić information content (AvgIpc) is 2.65. The number of aromatic nitrogens is 1. The Morgan fingerprint density at radius 2 is 2.32 bits per heavy atom. The Bertz CT molecular complexity index is 646. The minimum atomic E-state index is 0.114. The summed E-state index contributed by atoms with van der Waals surface area (Å²) in [6.07, 6.45) is 0. The summed E-state index contributed by atoms with van der Waals surface area (Å²) in [7, 11) is 1.83. The molecule has 1 saturated heterocycles. The summed E-state index contributed by atoms with van der Waals surface area (Å²) < 4.78 is 2.81. The molecule has 0 unspecified atom stereocenters. The van der Waals surface area contributed by atoms with Crippen LogP contribution < -0.4 is 10.2 Å². The van der Waals surface area contributed by atoms with Gasteiger partial charge in [0.1, 0.15) is 0 Å². The molecule has 0 spiro atoms. The fraction of sp³-hybridized carbons (Fsp3) is 0.500. The molecule has 4 nitrogen and oxygen atoms in total. The number of nitrogens with zero attached hydrogens (tertiary/aromatic N) is 2. The highest BCUT2D eigenvalue weighted by atomic mass is 32.1. The maximum Gasteiger partial charge on any atom is 0.307 e. The van der Waals surface area contributed by atoms with Crippen LogP contribution in [0.5, 0.6) is 0 Å². The second kappa shape index (κ2) is 5.07. The number of hydrogen-bond donors (Lipinski definition) is 1. The van der Waals surface area contributed by atoms with Crippen LogP contribution in [0.4, 0.5) is 0 Å². The molecule has 1 atom stereocenters. The SMILES string of the molecule is C[C@@H]1CN(Cc2ccc3c(c2)sc(=O)n3C)CCN1. The molecule has 0 radical (unpaired) electrons. The van der Waals surface area contributed by atoms with Crippen LogP contribution in [-0.4, -0.2) is 35.1 Å². The fourth-order valence-corrected chi connectivity index (χ4v) is 3.63. The Labute approximate surface area is 116 Å². The van der Waals surface area contributed by atoms with Crippen LogP contribution in [0.25, 0.3) is 10.2 Å². The van der Waals surface area contributed by atoms with Gasteiger partial charge in [-0.1, -0.05) is 17.4 Å². The van der Waals surface area contributed by atoms with Crippen molar-refractivity contribution < 1.29 is 0 Å². The third kappa shape index (κ3) is 2.59. The van der Waals surface area contributed by atoms with Crippen LogP contribution in [0.3, 0.4) is 0 Å². The molecule has 0 bridgehead atoms. The molecule has 0 saturated carbocycles. The van der Waals surface area contributed by atoms with Crippen molar-refractivity contribution in [1.82, 2.24) is 14.8 Å². The van der Waals surface area contributed by atoms with Gasteiger partial charge in [0.05, 0.1) is 10.2 Å². The molecule has 1 aromatic heterocycles. The molecule has 1 N–H and O–H groups in total. The molecule has 2 heterocycles. The van der Waals surface area contributed by atoms with E-state index in [1.54, 1.807) is 4.57 Å². The number of fused-ring (bicyclic) bond motifs is 1. The summed E-state index contributed by atoms with van der Waals surface area (Å²) in [6, 6.07) is 6.92. The predicted octanol–water partition coefficient (Wildman–Crippen LogP) is 1.39. The monoisotopic (exact) mass is 277 g/mol. The van der Waals surface area contributed by atoms with Crippen LogP contribution in [0.2, 0.25) is 0 Å². The van der Waals surface area contributed by atoms with E-state index in [0.29, 0.717) is 6.04 Å². The lowest BCUT2D eigenvalue weighted by molar-refractivity contribution is 0.200. The fourth-order valence-electron chi connectivity index (χ4n) is 2.69. The molecule has 1 fully saturated rings. The first-order valence-corrected chi connectivity index (χ1v) is 7.49. The minimum Gasteiger partial charge on any atom is -0.312 e. The topological polar surface area (TPSA) is 37.3 Å². The number of rotatable bonds is 2. The molecular weight excluding hydrogens is 258 g/mol. The first-order valence-electron chi connectivity index (χ1n) is 6.67. The van der Waals surface area contributed by atoms with Crippen molar-refractivity contribution in [3.8, 4) is 0 Å². The van der Waals surface area contributed by atoms with Crippen molar-refractivity contribution in [2.45, 2.75) is 19.5 Å². The Hall–Kier alpha value is -1.17. The molecule has 3 rings (SSSR count). The van der Waals surface area contributed by atoms with Crippen molar-refractivity contribution in [2.24, 2.45) is 7.05 Å². The number of aryl methyl sites for hydroxylation is 1. The number of nitrogens with one attached hydrogen (secondary N) is 1. The molecule has 5 heteroatoms. The van der Waals surface area contributed by atoms with Crippen LogP contribution in [0.15, 0.2) is 23.0 Å². The van der Waals surface area contributed by atoms with Crippen molar-refractivity contribution in [1.29, 1.82) is 0 Å². The zero-order valence-electron chi connectivity index (χ0n) is 11.3. The molecule has 1 aromatic carbocycles. The van der Waals surface area contributed by atoms with Gasteiger partial charge in [0.2, 0.25) is 0 Å². The van der Waals surface area contributed by atoms with Gasteiger partial charge in [0, 0.05) is 39.3 Å². The van der Waals surface area contributed by atoms with Crippen molar-refractivity contribution >= 4 is 21.6 Å². The average molecular weight is 277 g/mol. The van der Waals surface area contributed by atoms with E-state index < -0.39 is 0 Å². The second-order valence-electron chi connectivity index (χ2n) is 5.32. The Morgan fingerprint density at radius 1 is 1.47 bits per heavy atom. The molecule has 0 amide bonds. The van der Waals surface area contributed by atoms with Gasteiger partial charge in [-0.2, -0.15) is 0 Å². The smallest absolute Gasteiger partial charge is 0.307 e. The first-order chi connectivity index (χ1) is 9.13. The number of benzene rings is 1. The van der Waals surface area contributed by atoms with Crippen LogP contribution in [0.1, 0.15) is 12.5 Å². The van der Waals surface area contributed by atoms with Crippen molar-refractivity contribution in [2.75, 3.05) is 19.6 Å². The van der Waals surface area contributed by atoms with Gasteiger partial charge in [-0.15, -0.1) is 0 Å². The van der Waals surface area contributed by atoms with Gasteiger partial charge in [-0.3, -0.25) is 9.69 Å². The summed E-state index contributed by atoms with van der Waals surface area (Å²) >= 11 is 1.33. The second-order valence-corrected chi connectivity index (χ2v) is 6.31. The number of piperazine rings is 1. The zero-order valence-corrected chi connectivity index (χ0v) is 12.2. The number of hydrogen-bond acceptors (Lipinski definition) is 4. The summed E-state index contributed by atoms with van der Waals surface area (Å²) in [5.74, 6) is 0. The molecule has 2 aromatic rings. The van der Waals surface area contributed by atoms with E-state index in [2.05, 4.69) is 35.3 Å². The standard InChI is InChI=1S/C14H19N3OS/c1-10-8-17(6-5-15-10)9-11-3-4-12-13(7-11)19-14(18)16(12)2/h3-4,7,10,15H,5-6,8-9H2,1-2H3/t10-/m1/s1. The van der Waals surface area contributed by atoms with Crippen LogP contribution in [0, 0.1) is 0 Å². The van der Waals surface area contributed by atoms with Crippen molar-refractivity contribution in [3.05, 3.63) is 33.4 Å². The lowest BCUT2D eigenvalue weighted by atomic mass is 10.1. The highest BCUT2D eigenvalue weighted by Crippen LogP contribution is 2.19. The maximum atomic E-state index is 11.6. The van der Waals surface area contributed by atoms with Gasteiger partial charge in [0.25, 0.3) is 0 Å². The predicted molar refractivity (Wildman–Crippen MR) is 79.8 cm³/mol. The number of thiazole rings is 1. The molecular formula is C14H19N3OS. The van der Waals surface area contributed by atoms with Gasteiger partial charge >= 0.3 is 4.87 Å². The van der Waals surface area contributed by atoms with E-state index in [-0.39, 0.29) is 4.87 Å².